The van der Waals surface area contributed by atoms with Crippen LogP contribution < -0.4 is 5.73 Å². The van der Waals surface area contributed by atoms with Crippen molar-refractivity contribution in [2.24, 2.45) is 0 Å². The fourth-order valence-corrected chi connectivity index (χ4v) is 6.60. The lowest BCUT2D eigenvalue weighted by Crippen LogP contribution is -2.26. The summed E-state index contributed by atoms with van der Waals surface area (Å²) >= 11 is 0. The number of rotatable bonds is 25. The largest absolute Gasteiger partial charge is 0.382 e. The Morgan fingerprint density at radius 1 is 1.02 bits per heavy atom. The second-order valence-electron chi connectivity index (χ2n) is 12.7. The predicted octanol–water partition coefficient (Wildman–Crippen LogP) is 8.10. The van der Waals surface area contributed by atoms with E-state index in [0.717, 1.165) is 36.9 Å². The van der Waals surface area contributed by atoms with Gasteiger partial charge in [0.15, 0.2) is 5.82 Å². The second-order valence-corrected chi connectivity index (χ2v) is 13.7. The van der Waals surface area contributed by atoms with Gasteiger partial charge in [-0.05, 0) is 43.5 Å². The van der Waals surface area contributed by atoms with Crippen molar-refractivity contribution in [1.29, 1.82) is 5.26 Å². The van der Waals surface area contributed by atoms with Crippen molar-refractivity contribution in [3.8, 4) is 6.07 Å². The molecule has 3 N–H and O–H groups in total. The summed E-state index contributed by atoms with van der Waals surface area (Å²) in [7, 11) is -2.20. The van der Waals surface area contributed by atoms with E-state index in [4.69, 9.17) is 34.3 Å². The molecule has 11 nitrogen and oxygen atoms in total. The molecular weight excluding hydrogens is 648 g/mol. The van der Waals surface area contributed by atoms with E-state index in [0.29, 0.717) is 18.0 Å². The van der Waals surface area contributed by atoms with Gasteiger partial charge in [-0.1, -0.05) is 83.6 Å². The fourth-order valence-electron chi connectivity index (χ4n) is 5.94. The molecule has 4 atom stereocenters. The van der Waals surface area contributed by atoms with Gasteiger partial charge in [0.2, 0.25) is 0 Å². The van der Waals surface area contributed by atoms with Gasteiger partial charge in [-0.15, -0.1) is 0 Å². The maximum absolute atomic E-state index is 14.5. The van der Waals surface area contributed by atoms with Gasteiger partial charge in [0.25, 0.3) is 0 Å². The summed E-state index contributed by atoms with van der Waals surface area (Å²) in [4.78, 5) is 14.5. The number of nitrogens with two attached hydrogens (primary N) is 1. The molecule has 1 aromatic carbocycles. The monoisotopic (exact) mass is 701 g/mol. The van der Waals surface area contributed by atoms with Crippen LogP contribution in [0.1, 0.15) is 120 Å². The van der Waals surface area contributed by atoms with Gasteiger partial charge in [-0.25, -0.2) is 13.9 Å². The van der Waals surface area contributed by atoms with Gasteiger partial charge in [0.1, 0.15) is 29.9 Å². The van der Waals surface area contributed by atoms with Crippen LogP contribution in [-0.4, -0.2) is 58.1 Å². The Morgan fingerprint density at radius 2 is 1.76 bits per heavy atom. The van der Waals surface area contributed by atoms with Crippen molar-refractivity contribution in [2.75, 3.05) is 32.2 Å². The third-order valence-electron chi connectivity index (χ3n) is 8.79. The minimum atomic E-state index is -2.20. The maximum Gasteiger partial charge on any atom is 0.330 e. The molecule has 4 unspecified atom stereocenters. The van der Waals surface area contributed by atoms with Crippen LogP contribution in [0.3, 0.4) is 0 Å². The predicted molar refractivity (Wildman–Crippen MR) is 187 cm³/mol. The zero-order chi connectivity index (χ0) is 34.7. The van der Waals surface area contributed by atoms with Crippen molar-refractivity contribution < 1.29 is 32.5 Å². The summed E-state index contributed by atoms with van der Waals surface area (Å²) in [6.45, 7) is 3.20. The molecule has 270 valence electrons. The maximum atomic E-state index is 14.5. The Bertz CT molecular complexity index is 1420. The number of nitriles is 1. The van der Waals surface area contributed by atoms with Crippen LogP contribution in [-0.2, 0) is 29.9 Å². The lowest BCUT2D eigenvalue weighted by atomic mass is 10.1. The highest BCUT2D eigenvalue weighted by molar-refractivity contribution is 7.40. The zero-order valence-corrected chi connectivity index (χ0v) is 29.7. The third kappa shape index (κ3) is 13.5. The first-order chi connectivity index (χ1) is 24.0. The van der Waals surface area contributed by atoms with Crippen LogP contribution in [0.25, 0.3) is 5.52 Å². The van der Waals surface area contributed by atoms with E-state index in [1.165, 1.54) is 82.7 Å². The molecule has 3 heterocycles. The summed E-state index contributed by atoms with van der Waals surface area (Å²) in [5.41, 5.74) is 8.14. The highest BCUT2D eigenvalue weighted by Crippen LogP contribution is 2.38. The number of aromatic nitrogens is 3. The second kappa shape index (κ2) is 22.1. The molecule has 1 aliphatic rings. The number of fused-ring (bicyclic) bond motifs is 1. The summed E-state index contributed by atoms with van der Waals surface area (Å²) < 4.78 is 45.5. The smallest absolute Gasteiger partial charge is 0.330 e. The Kier molecular flexibility index (Phi) is 17.6. The first-order valence-corrected chi connectivity index (χ1v) is 19.0. The van der Waals surface area contributed by atoms with Crippen LogP contribution in [0, 0.1) is 17.1 Å². The first kappa shape index (κ1) is 39.0. The van der Waals surface area contributed by atoms with E-state index in [-0.39, 0.29) is 44.2 Å². The molecule has 0 radical (unpaired) electrons. The number of halogens is 1. The quantitative estimate of drug-likeness (QED) is 0.0656. The van der Waals surface area contributed by atoms with Crippen molar-refractivity contribution in [3.63, 3.8) is 0 Å². The molecule has 3 aromatic rings. The van der Waals surface area contributed by atoms with Gasteiger partial charge in [-0.2, -0.15) is 10.4 Å². The average molecular weight is 702 g/mol. The topological polar surface area (TPSA) is 146 Å². The number of nitrogen functional groups attached to an aromatic ring is 1. The minimum absolute atomic E-state index is 0.00394. The van der Waals surface area contributed by atoms with Crippen molar-refractivity contribution in [1.82, 2.24) is 14.6 Å². The number of benzene rings is 1. The lowest BCUT2D eigenvalue weighted by Gasteiger charge is -2.21. The Labute approximate surface area is 291 Å². The molecule has 1 aliphatic heterocycles. The van der Waals surface area contributed by atoms with E-state index in [9.17, 15) is 9.28 Å². The summed E-state index contributed by atoms with van der Waals surface area (Å²) in [6, 6.07) is 10.0. The third-order valence-corrected chi connectivity index (χ3v) is 9.53. The highest BCUT2D eigenvalue weighted by Gasteiger charge is 2.30. The molecule has 0 amide bonds. The van der Waals surface area contributed by atoms with Crippen LogP contribution >= 0.6 is 8.60 Å². The van der Waals surface area contributed by atoms with Crippen LogP contribution in [0.5, 0.6) is 0 Å². The molecule has 4 rings (SSSR count). The molecule has 1 fully saturated rings. The van der Waals surface area contributed by atoms with Crippen LogP contribution in [0.2, 0.25) is 0 Å². The molecule has 0 spiro atoms. The van der Waals surface area contributed by atoms with E-state index >= 15 is 0 Å². The minimum Gasteiger partial charge on any atom is -0.382 e. The number of ether oxygens (including phenoxy) is 3. The highest BCUT2D eigenvalue weighted by atomic mass is 31.2. The van der Waals surface area contributed by atoms with Crippen molar-refractivity contribution >= 4 is 19.9 Å². The number of nitrogens with zero attached hydrogens (tertiary/aromatic N) is 4. The SMILES string of the molecule is CCCCCCCCCCCCCCOCC(COP(O)OCC1CCC(c2ccc3c(N)ncnn23)O1)OCc1ccc(C#N)cc1F. The van der Waals surface area contributed by atoms with E-state index in [2.05, 4.69) is 17.0 Å². The van der Waals surface area contributed by atoms with Crippen LogP contribution in [0.4, 0.5) is 10.2 Å². The molecule has 2 aromatic heterocycles. The Hall–Kier alpha value is -2.75. The van der Waals surface area contributed by atoms with E-state index in [1.807, 2.05) is 18.2 Å². The summed E-state index contributed by atoms with van der Waals surface area (Å²) in [5, 5.41) is 13.3. The summed E-state index contributed by atoms with van der Waals surface area (Å²) in [5.74, 6) is -0.107. The van der Waals surface area contributed by atoms with Crippen molar-refractivity contribution in [2.45, 2.75) is 122 Å². The number of hydrogen-bond donors (Lipinski definition) is 2. The van der Waals surface area contributed by atoms with Crippen LogP contribution in [0.15, 0.2) is 36.7 Å². The molecule has 0 bridgehead atoms. The molecule has 0 aliphatic carbocycles. The Morgan fingerprint density at radius 3 is 2.47 bits per heavy atom. The van der Waals surface area contributed by atoms with Crippen molar-refractivity contribution in [3.05, 3.63) is 59.3 Å². The number of hydrogen-bond acceptors (Lipinski definition) is 10. The van der Waals surface area contributed by atoms with Gasteiger partial charge < -0.3 is 33.9 Å². The van der Waals surface area contributed by atoms with Gasteiger partial charge >= 0.3 is 8.60 Å². The molecule has 1 saturated heterocycles. The number of unbranched alkanes of at least 4 members (excludes halogenated alkanes) is 11. The fraction of sp³-hybridized carbons (Fsp3) is 0.639. The van der Waals surface area contributed by atoms with Gasteiger partial charge in [0, 0.05) is 12.2 Å². The average Bonchev–Trinajstić information content (AvgIpc) is 3.76. The van der Waals surface area contributed by atoms with E-state index in [1.54, 1.807) is 10.6 Å². The standard InChI is InChI=1S/C36H53FN5O6P/c1-2-3-4-5-6-7-8-9-10-11-12-13-20-44-24-31(45-23-29-15-14-28(22-38)21-32(29)37)26-47-49(43)46-25-30-16-19-35(48-30)33-17-18-34-36(39)40-27-41-42(33)34/h14-15,17-18,21,27,30-31,35,43H,2-13,16,19-20,23-26H2,1H3,(H2,39,40,41). The molecule has 49 heavy (non-hydrogen) atoms. The zero-order valence-electron chi connectivity index (χ0n) is 28.8. The molecule has 0 saturated carbocycles. The first-order valence-electron chi connectivity index (χ1n) is 17.8. The van der Waals surface area contributed by atoms with Gasteiger partial charge in [0.05, 0.1) is 49.9 Å². The van der Waals surface area contributed by atoms with Gasteiger partial charge in [-0.3, -0.25) is 0 Å². The summed E-state index contributed by atoms with van der Waals surface area (Å²) in [6.07, 6.45) is 17.2. The Balaban J connectivity index is 1.14. The molecule has 13 heteroatoms. The lowest BCUT2D eigenvalue weighted by molar-refractivity contribution is -0.0499. The van der Waals surface area contributed by atoms with E-state index < -0.39 is 20.5 Å². The molecular formula is C36H53FN5O6P. The number of anilines is 1. The normalized spacial score (nSPS) is 17.4.